The highest BCUT2D eigenvalue weighted by molar-refractivity contribution is 4.87. The van der Waals surface area contributed by atoms with Gasteiger partial charge in [-0.15, -0.1) is 0 Å². The molecule has 0 heterocycles. The van der Waals surface area contributed by atoms with Gasteiger partial charge in [0.15, 0.2) is 0 Å². The predicted molar refractivity (Wildman–Crippen MR) is 78.8 cm³/mol. The summed E-state index contributed by atoms with van der Waals surface area (Å²) in [4.78, 5) is 2.57. The smallest absolute Gasteiger partial charge is 0.0192 e. The van der Waals surface area contributed by atoms with Crippen LogP contribution < -0.4 is 5.32 Å². The summed E-state index contributed by atoms with van der Waals surface area (Å²) in [5.74, 6) is 1.81. The van der Waals surface area contributed by atoms with Crippen molar-refractivity contribution in [1.29, 1.82) is 0 Å². The minimum Gasteiger partial charge on any atom is -0.312 e. The fourth-order valence-electron chi connectivity index (χ4n) is 3.34. The summed E-state index contributed by atoms with van der Waals surface area (Å²) in [6, 6.07) is 2.36. The maximum Gasteiger partial charge on any atom is 0.0192 e. The number of nitrogens with zero attached hydrogens (tertiary/aromatic N) is 1. The molecule has 0 aromatic heterocycles. The molecule has 18 heavy (non-hydrogen) atoms. The van der Waals surface area contributed by atoms with E-state index in [2.05, 4.69) is 38.0 Å². The van der Waals surface area contributed by atoms with E-state index in [-0.39, 0.29) is 0 Å². The number of nitrogens with one attached hydrogen (secondary N) is 1. The van der Waals surface area contributed by atoms with Crippen molar-refractivity contribution in [2.75, 3.05) is 13.6 Å². The second-order valence-corrected chi connectivity index (χ2v) is 7.02. The summed E-state index contributed by atoms with van der Waals surface area (Å²) in [5, 5.41) is 3.83. The van der Waals surface area contributed by atoms with Crippen LogP contribution >= 0.6 is 0 Å². The molecular formula is C16H32N2. The molecule has 2 rings (SSSR count). The highest BCUT2D eigenvalue weighted by atomic mass is 15.2. The van der Waals surface area contributed by atoms with Gasteiger partial charge in [0.1, 0.15) is 0 Å². The molecule has 0 aromatic carbocycles. The number of rotatable bonds is 6. The van der Waals surface area contributed by atoms with Crippen molar-refractivity contribution in [2.45, 2.75) is 77.4 Å². The van der Waals surface area contributed by atoms with Gasteiger partial charge in [-0.3, -0.25) is 4.90 Å². The van der Waals surface area contributed by atoms with Crippen LogP contribution in [-0.4, -0.2) is 36.6 Å². The molecule has 2 nitrogen and oxygen atoms in total. The Labute approximate surface area is 114 Å². The van der Waals surface area contributed by atoms with Crippen LogP contribution in [0, 0.1) is 11.8 Å². The third-order valence-corrected chi connectivity index (χ3v) is 5.18. The van der Waals surface area contributed by atoms with Crippen molar-refractivity contribution in [3.05, 3.63) is 0 Å². The lowest BCUT2D eigenvalue weighted by Gasteiger charge is -2.34. The molecule has 1 N–H and O–H groups in total. The molecule has 2 heteroatoms. The summed E-state index contributed by atoms with van der Waals surface area (Å²) in [6.07, 6.45) is 8.50. The maximum absolute atomic E-state index is 3.83. The third kappa shape index (κ3) is 3.96. The predicted octanol–water partition coefficient (Wildman–Crippen LogP) is 3.27. The molecule has 0 saturated heterocycles. The summed E-state index contributed by atoms with van der Waals surface area (Å²) in [5.41, 5.74) is 0. The van der Waals surface area contributed by atoms with Crippen molar-refractivity contribution in [3.63, 3.8) is 0 Å². The van der Waals surface area contributed by atoms with Crippen LogP contribution in [0.4, 0.5) is 0 Å². The van der Waals surface area contributed by atoms with Gasteiger partial charge in [-0.1, -0.05) is 26.7 Å². The van der Waals surface area contributed by atoms with E-state index in [0.717, 1.165) is 23.9 Å². The monoisotopic (exact) mass is 252 g/mol. The Morgan fingerprint density at radius 3 is 2.44 bits per heavy atom. The molecule has 0 aliphatic heterocycles. The Kier molecular flexibility index (Phi) is 5.08. The molecule has 0 spiro atoms. The Hall–Kier alpha value is -0.0800. The lowest BCUT2D eigenvalue weighted by Crippen LogP contribution is -2.44. The average molecular weight is 252 g/mol. The average Bonchev–Trinajstić information content (AvgIpc) is 3.19. The van der Waals surface area contributed by atoms with Crippen LogP contribution in [0.15, 0.2) is 0 Å². The van der Waals surface area contributed by atoms with Gasteiger partial charge >= 0.3 is 0 Å². The minimum atomic E-state index is 0.692. The highest BCUT2D eigenvalue weighted by Crippen LogP contribution is 2.30. The zero-order valence-corrected chi connectivity index (χ0v) is 12.8. The molecule has 0 amide bonds. The van der Waals surface area contributed by atoms with Gasteiger partial charge in [0, 0.05) is 24.7 Å². The Bertz CT molecular complexity index is 247. The van der Waals surface area contributed by atoms with E-state index in [1.54, 1.807) is 0 Å². The minimum absolute atomic E-state index is 0.692. The summed E-state index contributed by atoms with van der Waals surface area (Å²) in [7, 11) is 2.29. The lowest BCUT2D eigenvalue weighted by atomic mass is 9.79. The van der Waals surface area contributed by atoms with Crippen molar-refractivity contribution in [2.24, 2.45) is 11.8 Å². The second kappa shape index (κ2) is 6.38. The fourth-order valence-corrected chi connectivity index (χ4v) is 3.34. The standard InChI is InChI=1S/C16H32N2/c1-12(2)14-6-5-7-15(10-14)17-11-13(3)18(4)16-8-9-16/h12-17H,5-11H2,1-4H3. The number of likely N-dealkylation sites (N-methyl/N-ethyl adjacent to an activating group) is 1. The maximum atomic E-state index is 3.83. The van der Waals surface area contributed by atoms with Gasteiger partial charge in [0.25, 0.3) is 0 Å². The summed E-state index contributed by atoms with van der Waals surface area (Å²) >= 11 is 0. The van der Waals surface area contributed by atoms with Crippen molar-refractivity contribution < 1.29 is 0 Å². The normalized spacial score (nSPS) is 31.0. The highest BCUT2D eigenvalue weighted by Gasteiger charge is 2.30. The Morgan fingerprint density at radius 2 is 1.83 bits per heavy atom. The fraction of sp³-hybridized carbons (Fsp3) is 1.00. The van der Waals surface area contributed by atoms with Crippen LogP contribution in [0.3, 0.4) is 0 Å². The summed E-state index contributed by atoms with van der Waals surface area (Å²) < 4.78 is 0. The van der Waals surface area contributed by atoms with Crippen LogP contribution in [0.25, 0.3) is 0 Å². The van der Waals surface area contributed by atoms with Crippen molar-refractivity contribution in [1.82, 2.24) is 10.2 Å². The van der Waals surface area contributed by atoms with Crippen molar-refractivity contribution in [3.8, 4) is 0 Å². The molecule has 0 aromatic rings. The van der Waals surface area contributed by atoms with E-state index in [1.807, 2.05) is 0 Å². The molecule has 3 atom stereocenters. The Morgan fingerprint density at radius 1 is 1.11 bits per heavy atom. The topological polar surface area (TPSA) is 15.3 Å². The largest absolute Gasteiger partial charge is 0.312 e. The first kappa shape index (κ1) is 14.3. The quantitative estimate of drug-likeness (QED) is 0.780. The van der Waals surface area contributed by atoms with E-state index < -0.39 is 0 Å². The molecule has 0 bridgehead atoms. The van der Waals surface area contributed by atoms with Crippen LogP contribution in [-0.2, 0) is 0 Å². The zero-order valence-electron chi connectivity index (χ0n) is 12.8. The Balaban J connectivity index is 1.69. The van der Waals surface area contributed by atoms with Gasteiger partial charge in [-0.2, -0.15) is 0 Å². The van der Waals surface area contributed by atoms with Gasteiger partial charge in [0.05, 0.1) is 0 Å². The number of hydrogen-bond acceptors (Lipinski definition) is 2. The summed E-state index contributed by atoms with van der Waals surface area (Å²) in [6.45, 7) is 8.31. The van der Waals surface area contributed by atoms with Crippen LogP contribution in [0.2, 0.25) is 0 Å². The molecular weight excluding hydrogens is 220 g/mol. The molecule has 106 valence electrons. The second-order valence-electron chi connectivity index (χ2n) is 7.02. The molecule has 0 radical (unpaired) electrons. The van der Waals surface area contributed by atoms with E-state index in [4.69, 9.17) is 0 Å². The molecule has 3 unspecified atom stereocenters. The van der Waals surface area contributed by atoms with Gasteiger partial charge < -0.3 is 5.32 Å². The van der Waals surface area contributed by atoms with Gasteiger partial charge in [-0.25, -0.2) is 0 Å². The molecule has 2 aliphatic carbocycles. The van der Waals surface area contributed by atoms with E-state index >= 15 is 0 Å². The van der Waals surface area contributed by atoms with Crippen LogP contribution in [0.1, 0.15) is 59.3 Å². The van der Waals surface area contributed by atoms with Crippen molar-refractivity contribution >= 4 is 0 Å². The van der Waals surface area contributed by atoms with E-state index in [9.17, 15) is 0 Å². The van der Waals surface area contributed by atoms with Gasteiger partial charge in [-0.05, 0) is 51.5 Å². The first-order valence-corrected chi connectivity index (χ1v) is 8.03. The lowest BCUT2D eigenvalue weighted by molar-refractivity contribution is 0.201. The number of hydrogen-bond donors (Lipinski definition) is 1. The SMILES string of the molecule is CC(C)C1CCCC(NCC(C)N(C)C2CC2)C1. The molecule has 2 fully saturated rings. The molecule has 2 saturated carbocycles. The first-order chi connectivity index (χ1) is 8.58. The van der Waals surface area contributed by atoms with E-state index in [1.165, 1.54) is 45.1 Å². The molecule has 2 aliphatic rings. The van der Waals surface area contributed by atoms with E-state index in [0.29, 0.717) is 6.04 Å². The zero-order chi connectivity index (χ0) is 13.1. The first-order valence-electron chi connectivity index (χ1n) is 8.03. The van der Waals surface area contributed by atoms with Crippen LogP contribution in [0.5, 0.6) is 0 Å². The van der Waals surface area contributed by atoms with Gasteiger partial charge in [0.2, 0.25) is 0 Å². The third-order valence-electron chi connectivity index (χ3n) is 5.18.